The summed E-state index contributed by atoms with van der Waals surface area (Å²) in [7, 11) is 0. The molecule has 0 bridgehead atoms. The van der Waals surface area contributed by atoms with Gasteiger partial charge >= 0.3 is 0 Å². The van der Waals surface area contributed by atoms with Crippen LogP contribution in [-0.2, 0) is 0 Å². The molecule has 39 heavy (non-hydrogen) atoms. The van der Waals surface area contributed by atoms with Crippen molar-refractivity contribution in [2.24, 2.45) is 0 Å². The van der Waals surface area contributed by atoms with E-state index in [1.807, 2.05) is 12.2 Å². The Morgan fingerprint density at radius 2 is 1.54 bits per heavy atom. The number of rotatable bonds is 6. The van der Waals surface area contributed by atoms with Crippen molar-refractivity contribution in [2.45, 2.75) is 12.8 Å². The number of allylic oxidation sites excluding steroid dienone is 2. The summed E-state index contributed by atoms with van der Waals surface area (Å²) < 4.78 is 1.22. The van der Waals surface area contributed by atoms with Crippen LogP contribution >= 0.6 is 11.3 Å². The van der Waals surface area contributed by atoms with Crippen LogP contribution < -0.4 is 9.80 Å². The minimum Gasteiger partial charge on any atom is -0.317 e. The van der Waals surface area contributed by atoms with Crippen LogP contribution in [0.25, 0.3) is 27.8 Å². The van der Waals surface area contributed by atoms with Gasteiger partial charge in [0.05, 0.1) is 5.69 Å². The standard InChI is InChI=1S/C36H30N2S/c1-4-31-33-22-21-30(25-36(33)39-35(31)5-2)38(27-15-7-6-8-16-27)29-18-13-17-28(24-29)37-23-12-11-14-26(3)32-19-9-10-20-34(32)37/h4-10,12-13,15-25H,1-3,11,14H2/b23-12-. The largest absolute Gasteiger partial charge is 0.317 e. The third-order valence-electron chi connectivity index (χ3n) is 7.18. The minimum atomic E-state index is 0.968. The number of hydrogen-bond acceptors (Lipinski definition) is 3. The van der Waals surface area contributed by atoms with Crippen LogP contribution in [0.1, 0.15) is 28.8 Å². The van der Waals surface area contributed by atoms with E-state index in [1.54, 1.807) is 11.3 Å². The number of anilines is 5. The maximum Gasteiger partial charge on any atom is 0.0530 e. The van der Waals surface area contributed by atoms with Crippen molar-refractivity contribution in [3.63, 3.8) is 0 Å². The van der Waals surface area contributed by atoms with E-state index >= 15 is 0 Å². The van der Waals surface area contributed by atoms with E-state index in [2.05, 4.69) is 139 Å². The van der Waals surface area contributed by atoms with Gasteiger partial charge in [0.15, 0.2) is 0 Å². The highest BCUT2D eigenvalue weighted by Crippen LogP contribution is 2.42. The summed E-state index contributed by atoms with van der Waals surface area (Å²) in [5, 5.41) is 1.21. The molecule has 0 spiro atoms. The van der Waals surface area contributed by atoms with E-state index < -0.39 is 0 Å². The number of hydrogen-bond donors (Lipinski definition) is 0. The molecule has 0 aliphatic carbocycles. The first kappa shape index (κ1) is 24.7. The Hall–Kier alpha value is -4.60. The maximum absolute atomic E-state index is 4.38. The molecule has 2 nitrogen and oxygen atoms in total. The van der Waals surface area contributed by atoms with Gasteiger partial charge in [-0.15, -0.1) is 11.3 Å². The van der Waals surface area contributed by atoms with E-state index in [1.165, 1.54) is 21.2 Å². The van der Waals surface area contributed by atoms with Crippen molar-refractivity contribution < 1.29 is 0 Å². The summed E-state index contributed by atoms with van der Waals surface area (Å²) in [4.78, 5) is 5.75. The quantitative estimate of drug-likeness (QED) is 0.219. The minimum absolute atomic E-state index is 0.968. The molecule has 0 radical (unpaired) electrons. The molecule has 1 aromatic heterocycles. The lowest BCUT2D eigenvalue weighted by Gasteiger charge is -2.29. The Bertz CT molecular complexity index is 1720. The molecule has 6 rings (SSSR count). The van der Waals surface area contributed by atoms with Crippen molar-refractivity contribution in [2.75, 3.05) is 9.80 Å². The number of para-hydroxylation sites is 2. The summed E-state index contributed by atoms with van der Waals surface area (Å²) in [6, 6.07) is 34.5. The number of fused-ring (bicyclic) bond motifs is 2. The fourth-order valence-electron chi connectivity index (χ4n) is 5.29. The van der Waals surface area contributed by atoms with E-state index in [4.69, 9.17) is 0 Å². The Balaban J connectivity index is 1.50. The van der Waals surface area contributed by atoms with Crippen LogP contribution in [0.4, 0.5) is 28.4 Å². The summed E-state index contributed by atoms with van der Waals surface area (Å²) in [5.41, 5.74) is 9.08. The lowest BCUT2D eigenvalue weighted by Crippen LogP contribution is -2.14. The molecule has 2 heterocycles. The molecule has 3 heteroatoms. The van der Waals surface area contributed by atoms with Crippen molar-refractivity contribution in [3.8, 4) is 0 Å². The normalized spacial score (nSPS) is 13.8. The predicted molar refractivity (Wildman–Crippen MR) is 173 cm³/mol. The van der Waals surface area contributed by atoms with Crippen LogP contribution in [0.5, 0.6) is 0 Å². The summed E-state index contributed by atoms with van der Waals surface area (Å²) in [6.45, 7) is 12.4. The molecule has 0 N–H and O–H groups in total. The van der Waals surface area contributed by atoms with Gasteiger partial charge in [0, 0.05) is 49.5 Å². The third-order valence-corrected chi connectivity index (χ3v) is 8.34. The van der Waals surface area contributed by atoms with Gasteiger partial charge in [0.25, 0.3) is 0 Å². The zero-order valence-corrected chi connectivity index (χ0v) is 22.7. The molecule has 4 aromatic carbocycles. The zero-order chi connectivity index (χ0) is 26.8. The molecular formula is C36H30N2S. The number of nitrogens with zero attached hydrogens (tertiary/aromatic N) is 2. The van der Waals surface area contributed by atoms with Gasteiger partial charge < -0.3 is 9.80 Å². The Kier molecular flexibility index (Phi) is 6.75. The van der Waals surface area contributed by atoms with Crippen molar-refractivity contribution >= 4 is 67.6 Å². The molecule has 0 atom stereocenters. The average Bonchev–Trinajstić information content (AvgIpc) is 3.34. The topological polar surface area (TPSA) is 6.48 Å². The molecular weight excluding hydrogens is 492 g/mol. The van der Waals surface area contributed by atoms with E-state index in [0.29, 0.717) is 0 Å². The van der Waals surface area contributed by atoms with E-state index in [9.17, 15) is 0 Å². The Morgan fingerprint density at radius 3 is 2.36 bits per heavy atom. The first-order chi connectivity index (χ1) is 19.2. The SMILES string of the molecule is C=Cc1sc2cc(N(c3ccccc3)c3cccc(N4/C=C\CCC(=C)c5ccccc54)c3)ccc2c1C=C. The van der Waals surface area contributed by atoms with Gasteiger partial charge in [-0.1, -0.05) is 86.5 Å². The van der Waals surface area contributed by atoms with Crippen LogP contribution in [-0.4, -0.2) is 0 Å². The number of benzene rings is 4. The van der Waals surface area contributed by atoms with Gasteiger partial charge in [-0.25, -0.2) is 0 Å². The van der Waals surface area contributed by atoms with Gasteiger partial charge in [-0.05, 0) is 72.5 Å². The molecule has 0 unspecified atom stereocenters. The molecule has 0 saturated carbocycles. The predicted octanol–water partition coefficient (Wildman–Crippen LogP) is 11.1. The highest BCUT2D eigenvalue weighted by molar-refractivity contribution is 7.20. The van der Waals surface area contributed by atoms with Gasteiger partial charge in [-0.3, -0.25) is 0 Å². The van der Waals surface area contributed by atoms with E-state index in [0.717, 1.165) is 51.7 Å². The molecule has 1 aliphatic rings. The summed E-state index contributed by atoms with van der Waals surface area (Å²) >= 11 is 1.75. The second-order valence-electron chi connectivity index (χ2n) is 9.57. The summed E-state index contributed by atoms with van der Waals surface area (Å²) in [6.07, 6.45) is 10.2. The second-order valence-corrected chi connectivity index (χ2v) is 10.7. The van der Waals surface area contributed by atoms with Gasteiger partial charge in [-0.2, -0.15) is 0 Å². The summed E-state index contributed by atoms with van der Waals surface area (Å²) in [5.74, 6) is 0. The fourth-order valence-corrected chi connectivity index (χ4v) is 6.38. The monoisotopic (exact) mass is 522 g/mol. The van der Waals surface area contributed by atoms with E-state index in [-0.39, 0.29) is 0 Å². The molecule has 0 fully saturated rings. The number of thiophene rings is 1. The average molecular weight is 523 g/mol. The van der Waals surface area contributed by atoms with Crippen molar-refractivity contribution in [3.05, 3.63) is 145 Å². The highest BCUT2D eigenvalue weighted by atomic mass is 32.1. The van der Waals surface area contributed by atoms with Gasteiger partial charge in [0.1, 0.15) is 0 Å². The molecule has 1 aliphatic heterocycles. The molecule has 0 saturated heterocycles. The zero-order valence-electron chi connectivity index (χ0n) is 21.9. The Morgan fingerprint density at radius 1 is 0.769 bits per heavy atom. The van der Waals surface area contributed by atoms with Crippen molar-refractivity contribution in [1.29, 1.82) is 0 Å². The highest BCUT2D eigenvalue weighted by Gasteiger charge is 2.19. The lowest BCUT2D eigenvalue weighted by atomic mass is 9.98. The van der Waals surface area contributed by atoms with Crippen LogP contribution in [0.3, 0.4) is 0 Å². The molecule has 5 aromatic rings. The smallest absolute Gasteiger partial charge is 0.0530 e. The van der Waals surface area contributed by atoms with Crippen molar-refractivity contribution in [1.82, 2.24) is 0 Å². The Labute approximate surface area is 234 Å². The second kappa shape index (κ2) is 10.6. The molecule has 190 valence electrons. The molecule has 0 amide bonds. The first-order valence-electron chi connectivity index (χ1n) is 13.2. The lowest BCUT2D eigenvalue weighted by molar-refractivity contribution is 1.04. The van der Waals surface area contributed by atoms with Crippen LogP contribution in [0.2, 0.25) is 0 Å². The van der Waals surface area contributed by atoms with Crippen LogP contribution in [0.15, 0.2) is 129 Å². The maximum atomic E-state index is 4.38. The fraction of sp³-hybridized carbons (Fsp3) is 0.0556. The van der Waals surface area contributed by atoms with Gasteiger partial charge in [0.2, 0.25) is 0 Å². The third kappa shape index (κ3) is 4.62. The first-order valence-corrected chi connectivity index (χ1v) is 14.0. The van der Waals surface area contributed by atoms with Crippen LogP contribution in [0, 0.1) is 0 Å².